The van der Waals surface area contributed by atoms with Gasteiger partial charge in [0, 0.05) is 45.2 Å². The highest BCUT2D eigenvalue weighted by Crippen LogP contribution is 2.37. The molecule has 1 aliphatic rings. The van der Waals surface area contributed by atoms with Gasteiger partial charge in [0.25, 0.3) is 0 Å². The van der Waals surface area contributed by atoms with Crippen molar-refractivity contribution in [1.82, 2.24) is 24.4 Å². The van der Waals surface area contributed by atoms with Crippen LogP contribution in [0.3, 0.4) is 0 Å². The van der Waals surface area contributed by atoms with Crippen LogP contribution < -0.4 is 9.80 Å². The third-order valence-corrected chi connectivity index (χ3v) is 6.19. The van der Waals surface area contributed by atoms with E-state index in [2.05, 4.69) is 27.6 Å². The number of carboxylic acid groups (broad SMARTS) is 1. The van der Waals surface area contributed by atoms with E-state index in [9.17, 15) is 20.0 Å². The summed E-state index contributed by atoms with van der Waals surface area (Å²) >= 11 is 0. The SMILES string of the molecule is C=CCOC(=O)N(CCOC)c1cn(-c2cc(C#N)ccn2)c2ncnc(N3CCN(C(=O)O)C[C@@H]3C)c12. The fraction of sp³-hybridized carbons (Fsp3) is 0.360. The maximum atomic E-state index is 13.2. The van der Waals surface area contributed by atoms with Crippen molar-refractivity contribution in [2.75, 3.05) is 56.3 Å². The summed E-state index contributed by atoms with van der Waals surface area (Å²) in [6.07, 6.45) is 4.53. The van der Waals surface area contributed by atoms with E-state index in [1.807, 2.05) is 11.8 Å². The van der Waals surface area contributed by atoms with Crippen LogP contribution in [0.25, 0.3) is 16.9 Å². The number of nitriles is 1. The van der Waals surface area contributed by atoms with Crippen molar-refractivity contribution in [3.8, 4) is 11.9 Å². The number of fused-ring (bicyclic) bond motifs is 1. The summed E-state index contributed by atoms with van der Waals surface area (Å²) in [6, 6.07) is 5.12. The highest BCUT2D eigenvalue weighted by molar-refractivity contribution is 6.06. The molecule has 2 amide bonds. The number of nitrogens with zero attached hydrogens (tertiary/aromatic N) is 8. The van der Waals surface area contributed by atoms with Crippen LogP contribution in [0, 0.1) is 11.3 Å². The number of pyridine rings is 1. The minimum Gasteiger partial charge on any atom is -0.465 e. The first-order valence-corrected chi connectivity index (χ1v) is 11.9. The van der Waals surface area contributed by atoms with Gasteiger partial charge >= 0.3 is 12.2 Å². The van der Waals surface area contributed by atoms with Crippen LogP contribution in [0.1, 0.15) is 12.5 Å². The first-order valence-electron chi connectivity index (χ1n) is 11.9. The van der Waals surface area contributed by atoms with E-state index in [1.165, 1.54) is 35.5 Å². The Bertz CT molecular complexity index is 1380. The highest BCUT2D eigenvalue weighted by atomic mass is 16.6. The van der Waals surface area contributed by atoms with Gasteiger partial charge in [0.05, 0.1) is 35.9 Å². The molecule has 0 radical (unpaired) electrons. The van der Waals surface area contributed by atoms with Crippen LogP contribution in [0.2, 0.25) is 0 Å². The minimum absolute atomic E-state index is 0.0181. The predicted octanol–water partition coefficient (Wildman–Crippen LogP) is 2.65. The van der Waals surface area contributed by atoms with Gasteiger partial charge in [0.15, 0.2) is 5.65 Å². The summed E-state index contributed by atoms with van der Waals surface area (Å²) in [5, 5.41) is 19.4. The molecule has 0 saturated carbocycles. The van der Waals surface area contributed by atoms with Crippen molar-refractivity contribution in [2.45, 2.75) is 13.0 Å². The van der Waals surface area contributed by atoms with E-state index in [4.69, 9.17) is 9.47 Å². The number of carbonyl (C=O) groups is 2. The van der Waals surface area contributed by atoms with Crippen molar-refractivity contribution >= 4 is 34.7 Å². The topological polar surface area (TPSA) is 150 Å². The Labute approximate surface area is 219 Å². The monoisotopic (exact) mass is 520 g/mol. The number of ether oxygens (including phenoxy) is 2. The maximum Gasteiger partial charge on any atom is 0.414 e. The molecule has 1 aliphatic heterocycles. The largest absolute Gasteiger partial charge is 0.465 e. The lowest BCUT2D eigenvalue weighted by Crippen LogP contribution is -2.53. The minimum atomic E-state index is -0.977. The number of amides is 2. The molecular weight excluding hydrogens is 492 g/mol. The fourth-order valence-electron chi connectivity index (χ4n) is 4.39. The third-order valence-electron chi connectivity index (χ3n) is 6.19. The Morgan fingerprint density at radius 1 is 1.34 bits per heavy atom. The molecule has 4 rings (SSSR count). The third kappa shape index (κ3) is 5.21. The van der Waals surface area contributed by atoms with Crippen molar-refractivity contribution in [2.24, 2.45) is 0 Å². The van der Waals surface area contributed by atoms with Gasteiger partial charge in [0.1, 0.15) is 24.6 Å². The Balaban J connectivity index is 1.92. The van der Waals surface area contributed by atoms with Gasteiger partial charge in [-0.15, -0.1) is 0 Å². The van der Waals surface area contributed by atoms with E-state index >= 15 is 0 Å². The van der Waals surface area contributed by atoms with E-state index in [0.717, 1.165) is 0 Å². The molecular formula is C25H28N8O5. The van der Waals surface area contributed by atoms with Crippen molar-refractivity contribution in [1.29, 1.82) is 5.26 Å². The summed E-state index contributed by atoms with van der Waals surface area (Å²) in [5.74, 6) is 0.969. The zero-order chi connectivity index (χ0) is 27.2. The summed E-state index contributed by atoms with van der Waals surface area (Å²) in [7, 11) is 1.53. The molecule has 1 atom stereocenters. The molecule has 1 saturated heterocycles. The fourth-order valence-corrected chi connectivity index (χ4v) is 4.39. The molecule has 13 nitrogen and oxygen atoms in total. The molecule has 1 N–H and O–H groups in total. The molecule has 0 unspecified atom stereocenters. The summed E-state index contributed by atoms with van der Waals surface area (Å²) in [5.41, 5.74) is 1.32. The molecule has 3 aromatic rings. The van der Waals surface area contributed by atoms with Gasteiger partial charge in [-0.3, -0.25) is 9.47 Å². The smallest absolute Gasteiger partial charge is 0.414 e. The number of piperazine rings is 1. The van der Waals surface area contributed by atoms with Gasteiger partial charge in [-0.05, 0) is 19.1 Å². The van der Waals surface area contributed by atoms with Crippen LogP contribution in [0.15, 0.2) is 43.5 Å². The van der Waals surface area contributed by atoms with Crippen LogP contribution in [-0.4, -0.2) is 94.3 Å². The van der Waals surface area contributed by atoms with Gasteiger partial charge in [-0.1, -0.05) is 12.7 Å². The average molecular weight is 521 g/mol. The Morgan fingerprint density at radius 3 is 2.84 bits per heavy atom. The summed E-state index contributed by atoms with van der Waals surface area (Å²) in [4.78, 5) is 43.0. The number of hydrogen-bond acceptors (Lipinski definition) is 9. The zero-order valence-electron chi connectivity index (χ0n) is 21.1. The van der Waals surface area contributed by atoms with E-state index < -0.39 is 12.2 Å². The second-order valence-electron chi connectivity index (χ2n) is 8.58. The number of aromatic nitrogens is 4. The Kier molecular flexibility index (Phi) is 8.03. The molecule has 198 valence electrons. The molecule has 0 aromatic carbocycles. The predicted molar refractivity (Wildman–Crippen MR) is 139 cm³/mol. The number of hydrogen-bond donors (Lipinski definition) is 1. The van der Waals surface area contributed by atoms with Gasteiger partial charge in [0.2, 0.25) is 0 Å². The number of anilines is 2. The maximum absolute atomic E-state index is 13.2. The summed E-state index contributed by atoms with van der Waals surface area (Å²) < 4.78 is 12.3. The van der Waals surface area contributed by atoms with Crippen molar-refractivity contribution in [3.05, 3.63) is 49.1 Å². The molecule has 4 heterocycles. The molecule has 1 fully saturated rings. The molecule has 38 heavy (non-hydrogen) atoms. The van der Waals surface area contributed by atoms with Crippen LogP contribution in [0.4, 0.5) is 21.1 Å². The lowest BCUT2D eigenvalue weighted by atomic mass is 10.1. The molecule has 3 aromatic heterocycles. The lowest BCUT2D eigenvalue weighted by Gasteiger charge is -2.39. The van der Waals surface area contributed by atoms with E-state index in [1.54, 1.807) is 22.9 Å². The van der Waals surface area contributed by atoms with Crippen LogP contribution >= 0.6 is 0 Å². The van der Waals surface area contributed by atoms with Gasteiger partial charge in [-0.2, -0.15) is 5.26 Å². The van der Waals surface area contributed by atoms with E-state index in [-0.39, 0.29) is 32.3 Å². The second kappa shape index (κ2) is 11.6. The second-order valence-corrected chi connectivity index (χ2v) is 8.58. The van der Waals surface area contributed by atoms with Gasteiger partial charge in [-0.25, -0.2) is 24.5 Å². The lowest BCUT2D eigenvalue weighted by molar-refractivity contribution is 0.136. The Hall–Kier alpha value is -4.70. The van der Waals surface area contributed by atoms with Crippen LogP contribution in [0.5, 0.6) is 0 Å². The normalized spacial score (nSPS) is 15.2. The van der Waals surface area contributed by atoms with Crippen LogP contribution in [-0.2, 0) is 9.47 Å². The molecule has 0 bridgehead atoms. The molecule has 13 heteroatoms. The number of carbonyl (C=O) groups excluding carboxylic acids is 1. The number of methoxy groups -OCH3 is 1. The van der Waals surface area contributed by atoms with E-state index in [0.29, 0.717) is 47.0 Å². The van der Waals surface area contributed by atoms with Gasteiger partial charge < -0.3 is 24.4 Å². The molecule has 0 aliphatic carbocycles. The zero-order valence-corrected chi connectivity index (χ0v) is 21.1. The van der Waals surface area contributed by atoms with Crippen molar-refractivity contribution < 1.29 is 24.2 Å². The quantitative estimate of drug-likeness (QED) is 0.439. The highest BCUT2D eigenvalue weighted by Gasteiger charge is 2.32. The number of rotatable bonds is 8. The first-order chi connectivity index (χ1) is 18.4. The molecule has 0 spiro atoms. The summed E-state index contributed by atoms with van der Waals surface area (Å²) in [6.45, 7) is 6.92. The standard InChI is InChI=1S/C25H28N8O5/c1-4-10-38-25(36)32(9-11-37-3)19-15-33(20-12-18(13-26)5-6-27-20)23-21(19)22(28-16-29-23)31-8-7-30(24(34)35)14-17(31)2/h4-6,12,15-17H,1,7-11,14H2,2-3H3,(H,34,35)/t17-/m0/s1. The average Bonchev–Trinajstić information content (AvgIpc) is 3.32. The first kappa shape index (κ1) is 26.4. The van der Waals surface area contributed by atoms with Crippen molar-refractivity contribution in [3.63, 3.8) is 0 Å². The Morgan fingerprint density at radius 2 is 2.16 bits per heavy atom.